The van der Waals surface area contributed by atoms with Crippen molar-refractivity contribution in [2.75, 3.05) is 5.32 Å². The Balaban J connectivity index is 1.48. The molecule has 0 unspecified atom stereocenters. The molecule has 2 heterocycles. The third-order valence-electron chi connectivity index (χ3n) is 3.85. The summed E-state index contributed by atoms with van der Waals surface area (Å²) in [5.74, 6) is 0.250. The Morgan fingerprint density at radius 1 is 1.19 bits per heavy atom. The van der Waals surface area contributed by atoms with E-state index in [1.807, 2.05) is 44.2 Å². The van der Waals surface area contributed by atoms with E-state index in [-0.39, 0.29) is 12.5 Å². The number of aryl methyl sites for hydroxylation is 2. The first kappa shape index (κ1) is 16.3. The van der Waals surface area contributed by atoms with Gasteiger partial charge in [0.05, 0.1) is 10.2 Å². The van der Waals surface area contributed by atoms with Crippen molar-refractivity contribution in [2.45, 2.75) is 20.4 Å². The number of carbonyl (C=O) groups excluding carboxylic acids is 1. The van der Waals surface area contributed by atoms with Crippen LogP contribution in [0.2, 0.25) is 0 Å². The normalized spacial score (nSPS) is 11.0. The number of benzene rings is 2. The van der Waals surface area contributed by atoms with E-state index in [4.69, 9.17) is 0 Å². The first-order valence-electron chi connectivity index (χ1n) is 8.09. The lowest BCUT2D eigenvalue weighted by Gasteiger charge is -1.99. The predicted octanol–water partition coefficient (Wildman–Crippen LogP) is 3.21. The van der Waals surface area contributed by atoms with E-state index in [1.54, 1.807) is 0 Å². The second-order valence-corrected chi connectivity index (χ2v) is 7.04. The van der Waals surface area contributed by atoms with Crippen molar-refractivity contribution in [2.24, 2.45) is 0 Å². The van der Waals surface area contributed by atoms with Gasteiger partial charge in [-0.05, 0) is 36.3 Å². The van der Waals surface area contributed by atoms with Crippen LogP contribution in [0.15, 0.2) is 42.5 Å². The molecule has 4 rings (SSSR count). The monoisotopic (exact) mass is 364 g/mol. The van der Waals surface area contributed by atoms with Crippen molar-refractivity contribution in [3.05, 3.63) is 53.6 Å². The predicted molar refractivity (Wildman–Crippen MR) is 101 cm³/mol. The fraction of sp³-hybridized carbons (Fsp3) is 0.167. The molecule has 0 fully saturated rings. The van der Waals surface area contributed by atoms with Gasteiger partial charge in [0.2, 0.25) is 11.7 Å². The molecule has 0 radical (unpaired) electrons. The van der Waals surface area contributed by atoms with Gasteiger partial charge in [-0.25, -0.2) is 4.98 Å². The second kappa shape index (κ2) is 6.64. The van der Waals surface area contributed by atoms with Crippen LogP contribution >= 0.6 is 11.3 Å². The number of anilines is 1. The summed E-state index contributed by atoms with van der Waals surface area (Å²) in [6.07, 6.45) is 0. The van der Waals surface area contributed by atoms with Crippen LogP contribution in [0.3, 0.4) is 0 Å². The summed E-state index contributed by atoms with van der Waals surface area (Å²) in [4.78, 5) is 18.1. The maximum absolute atomic E-state index is 12.3. The number of hydrogen-bond acceptors (Lipinski definition) is 6. The van der Waals surface area contributed by atoms with Gasteiger partial charge in [0.15, 0.2) is 5.13 Å². The number of aromatic nitrogens is 5. The zero-order chi connectivity index (χ0) is 18.1. The summed E-state index contributed by atoms with van der Waals surface area (Å²) in [6, 6.07) is 13.7. The van der Waals surface area contributed by atoms with Gasteiger partial charge in [-0.15, -0.1) is 10.2 Å². The van der Waals surface area contributed by atoms with E-state index in [9.17, 15) is 4.79 Å². The van der Waals surface area contributed by atoms with Crippen LogP contribution in [0.25, 0.3) is 21.6 Å². The van der Waals surface area contributed by atoms with Gasteiger partial charge in [0.1, 0.15) is 6.54 Å². The minimum atomic E-state index is -0.240. The molecule has 4 aromatic rings. The molecule has 0 spiro atoms. The molecule has 0 atom stereocenters. The first-order valence-corrected chi connectivity index (χ1v) is 8.91. The number of carbonyl (C=O) groups is 1. The molecule has 130 valence electrons. The van der Waals surface area contributed by atoms with E-state index in [0.717, 1.165) is 21.3 Å². The maximum Gasteiger partial charge on any atom is 0.249 e. The number of nitrogens with one attached hydrogen (secondary N) is 1. The van der Waals surface area contributed by atoms with Gasteiger partial charge >= 0.3 is 0 Å². The van der Waals surface area contributed by atoms with Crippen LogP contribution in [0, 0.1) is 13.8 Å². The molecule has 8 heteroatoms. The smallest absolute Gasteiger partial charge is 0.249 e. The molecule has 2 aromatic carbocycles. The highest BCUT2D eigenvalue weighted by atomic mass is 32.1. The number of amides is 1. The number of tetrazole rings is 1. The Hall–Kier alpha value is -3.13. The zero-order valence-electron chi connectivity index (χ0n) is 14.3. The molecule has 0 saturated carbocycles. The van der Waals surface area contributed by atoms with Crippen LogP contribution in [-0.2, 0) is 11.3 Å². The quantitative estimate of drug-likeness (QED) is 0.601. The lowest BCUT2D eigenvalue weighted by Crippen LogP contribution is -2.20. The van der Waals surface area contributed by atoms with Gasteiger partial charge in [-0.1, -0.05) is 47.7 Å². The highest BCUT2D eigenvalue weighted by Crippen LogP contribution is 2.29. The molecule has 0 saturated heterocycles. The minimum Gasteiger partial charge on any atom is -0.300 e. The maximum atomic E-state index is 12.3. The molecule has 1 amide bonds. The summed E-state index contributed by atoms with van der Waals surface area (Å²) in [7, 11) is 0. The Kier molecular flexibility index (Phi) is 4.18. The Labute approximate surface area is 153 Å². The third kappa shape index (κ3) is 3.31. The molecule has 7 nitrogen and oxygen atoms in total. The molecule has 0 aliphatic heterocycles. The number of hydrogen-bond donors (Lipinski definition) is 1. The molecule has 0 bridgehead atoms. The van der Waals surface area contributed by atoms with Crippen LogP contribution in [0.4, 0.5) is 5.13 Å². The van der Waals surface area contributed by atoms with Crippen LogP contribution in [0.5, 0.6) is 0 Å². The van der Waals surface area contributed by atoms with Crippen LogP contribution < -0.4 is 5.32 Å². The van der Waals surface area contributed by atoms with Gasteiger partial charge in [-0.2, -0.15) is 4.80 Å². The van der Waals surface area contributed by atoms with E-state index < -0.39 is 0 Å². The SMILES string of the molecule is Cc1cc(C)c2nc(NC(=O)Cn3nnc(-c4ccccc4)n3)sc2c1. The second-order valence-electron chi connectivity index (χ2n) is 6.01. The van der Waals surface area contributed by atoms with Crippen LogP contribution in [0.1, 0.15) is 11.1 Å². The number of thiazole rings is 1. The van der Waals surface area contributed by atoms with E-state index in [2.05, 4.69) is 37.8 Å². The molecular weight excluding hydrogens is 348 g/mol. The largest absolute Gasteiger partial charge is 0.300 e. The lowest BCUT2D eigenvalue weighted by atomic mass is 10.1. The number of fused-ring (bicyclic) bond motifs is 1. The topological polar surface area (TPSA) is 85.6 Å². The highest BCUT2D eigenvalue weighted by Gasteiger charge is 2.12. The van der Waals surface area contributed by atoms with Crippen molar-refractivity contribution in [3.63, 3.8) is 0 Å². The molecule has 1 N–H and O–H groups in total. The van der Waals surface area contributed by atoms with E-state index >= 15 is 0 Å². The number of rotatable bonds is 4. The summed E-state index contributed by atoms with van der Waals surface area (Å²) in [5, 5.41) is 15.6. The van der Waals surface area contributed by atoms with E-state index in [0.29, 0.717) is 11.0 Å². The fourth-order valence-corrected chi connectivity index (χ4v) is 3.78. The average molecular weight is 364 g/mol. The molecule has 26 heavy (non-hydrogen) atoms. The van der Waals surface area contributed by atoms with Gasteiger partial charge in [-0.3, -0.25) is 4.79 Å². The average Bonchev–Trinajstić information content (AvgIpc) is 3.22. The zero-order valence-corrected chi connectivity index (χ0v) is 15.1. The minimum absolute atomic E-state index is 0.0201. The molecule has 2 aromatic heterocycles. The van der Waals surface area contributed by atoms with Crippen molar-refractivity contribution in [1.82, 2.24) is 25.2 Å². The molecule has 0 aliphatic carbocycles. The summed E-state index contributed by atoms with van der Waals surface area (Å²) < 4.78 is 1.06. The van der Waals surface area contributed by atoms with Crippen molar-refractivity contribution in [3.8, 4) is 11.4 Å². The van der Waals surface area contributed by atoms with E-state index in [1.165, 1.54) is 21.7 Å². The highest BCUT2D eigenvalue weighted by molar-refractivity contribution is 7.22. The van der Waals surface area contributed by atoms with Gasteiger partial charge < -0.3 is 5.32 Å². The lowest BCUT2D eigenvalue weighted by molar-refractivity contribution is -0.117. The van der Waals surface area contributed by atoms with Gasteiger partial charge in [0.25, 0.3) is 0 Å². The Bertz CT molecular complexity index is 1090. The summed E-state index contributed by atoms with van der Waals surface area (Å²) in [5.41, 5.74) is 4.05. The Morgan fingerprint density at radius 2 is 2.00 bits per heavy atom. The third-order valence-corrected chi connectivity index (χ3v) is 4.76. The Morgan fingerprint density at radius 3 is 2.81 bits per heavy atom. The molecular formula is C18H16N6OS. The summed E-state index contributed by atoms with van der Waals surface area (Å²) >= 11 is 1.46. The standard InChI is InChI=1S/C18H16N6OS/c1-11-8-12(2)16-14(9-11)26-18(20-16)19-15(25)10-24-22-17(21-23-24)13-6-4-3-5-7-13/h3-9H,10H2,1-2H3,(H,19,20,25). The van der Waals surface area contributed by atoms with Crippen molar-refractivity contribution >= 4 is 32.6 Å². The molecule has 0 aliphatic rings. The summed E-state index contributed by atoms with van der Waals surface area (Å²) in [6.45, 7) is 4.05. The first-order chi connectivity index (χ1) is 12.6. The van der Waals surface area contributed by atoms with Crippen molar-refractivity contribution < 1.29 is 4.79 Å². The van der Waals surface area contributed by atoms with Crippen molar-refractivity contribution in [1.29, 1.82) is 0 Å². The fourth-order valence-electron chi connectivity index (χ4n) is 2.72. The van der Waals surface area contributed by atoms with Crippen LogP contribution in [-0.4, -0.2) is 31.1 Å². The number of nitrogens with zero attached hydrogens (tertiary/aromatic N) is 5. The van der Waals surface area contributed by atoms with Gasteiger partial charge in [0, 0.05) is 5.56 Å².